The van der Waals surface area contributed by atoms with Crippen molar-refractivity contribution in [1.29, 1.82) is 0 Å². The zero-order valence-corrected chi connectivity index (χ0v) is 16.9. The van der Waals surface area contributed by atoms with Gasteiger partial charge in [-0.25, -0.2) is 0 Å². The maximum Gasteiger partial charge on any atom is 0.220 e. The van der Waals surface area contributed by atoms with Crippen LogP contribution in [0.2, 0.25) is 0 Å². The lowest BCUT2D eigenvalue weighted by atomic mass is 9.72. The van der Waals surface area contributed by atoms with Gasteiger partial charge in [0.2, 0.25) is 5.91 Å². The highest BCUT2D eigenvalue weighted by Gasteiger charge is 2.43. The van der Waals surface area contributed by atoms with Gasteiger partial charge in [-0.3, -0.25) is 4.79 Å². The quantitative estimate of drug-likeness (QED) is 0.703. The summed E-state index contributed by atoms with van der Waals surface area (Å²) in [6.07, 6.45) is 2.83. The van der Waals surface area contributed by atoms with Gasteiger partial charge < -0.3 is 15.0 Å². The molecule has 1 fully saturated rings. The lowest BCUT2D eigenvalue weighted by Gasteiger charge is -2.39. The number of aromatic nitrogens is 3. The molecule has 2 aliphatic heterocycles. The normalized spacial score (nSPS) is 21.7. The Balaban J connectivity index is 1.49. The summed E-state index contributed by atoms with van der Waals surface area (Å²) < 4.78 is 2.18. The SMILES string of the molecule is O=C1CC(c2nnc3n2CCC(C(O)(c2ccccc2)c2ccccc2)C3)CCN1. The van der Waals surface area contributed by atoms with Crippen molar-refractivity contribution in [2.75, 3.05) is 6.54 Å². The zero-order chi connectivity index (χ0) is 20.6. The maximum absolute atomic E-state index is 12.1. The summed E-state index contributed by atoms with van der Waals surface area (Å²) in [5, 5.41) is 23.9. The molecule has 3 heterocycles. The fourth-order valence-electron chi connectivity index (χ4n) is 5.04. The third-order valence-electron chi connectivity index (χ3n) is 6.62. The number of nitrogens with one attached hydrogen (secondary N) is 1. The molecule has 0 radical (unpaired) electrons. The Kier molecular flexibility index (Phi) is 4.87. The molecule has 1 aromatic heterocycles. The van der Waals surface area contributed by atoms with E-state index in [2.05, 4.69) is 20.1 Å². The first-order valence-electron chi connectivity index (χ1n) is 10.7. The molecular weight excluding hydrogens is 376 g/mol. The second kappa shape index (κ2) is 7.69. The molecule has 0 bridgehead atoms. The van der Waals surface area contributed by atoms with Crippen molar-refractivity contribution in [3.63, 3.8) is 0 Å². The number of hydrogen-bond acceptors (Lipinski definition) is 4. The Morgan fingerprint density at radius 2 is 1.60 bits per heavy atom. The number of aliphatic hydroxyl groups is 1. The molecule has 2 aliphatic rings. The number of benzene rings is 2. The third kappa shape index (κ3) is 3.21. The number of amides is 1. The average Bonchev–Trinajstić information content (AvgIpc) is 3.23. The number of carbonyl (C=O) groups is 1. The predicted molar refractivity (Wildman–Crippen MR) is 113 cm³/mol. The molecule has 6 nitrogen and oxygen atoms in total. The molecule has 5 rings (SSSR count). The van der Waals surface area contributed by atoms with Gasteiger partial charge in [0.1, 0.15) is 17.2 Å². The molecule has 2 atom stereocenters. The second-order valence-electron chi connectivity index (χ2n) is 8.35. The standard InChI is InChI=1S/C24H26N4O2/c29-22-15-17(11-13-25-22)23-27-26-21-16-20(12-14-28(21)23)24(30,18-7-3-1-4-8-18)19-9-5-2-6-10-19/h1-10,17,20,30H,11-16H2,(H,25,29). The Hall–Kier alpha value is -2.99. The van der Waals surface area contributed by atoms with Gasteiger partial charge in [-0.2, -0.15) is 0 Å². The minimum atomic E-state index is -1.09. The minimum absolute atomic E-state index is 0.0125. The largest absolute Gasteiger partial charge is 0.380 e. The van der Waals surface area contributed by atoms with E-state index in [1.807, 2.05) is 60.7 Å². The fourth-order valence-corrected chi connectivity index (χ4v) is 5.04. The van der Waals surface area contributed by atoms with Gasteiger partial charge in [-0.1, -0.05) is 60.7 Å². The van der Waals surface area contributed by atoms with E-state index >= 15 is 0 Å². The molecule has 2 N–H and O–H groups in total. The van der Waals surface area contributed by atoms with Crippen molar-refractivity contribution in [2.45, 2.75) is 43.7 Å². The second-order valence-corrected chi connectivity index (χ2v) is 8.35. The first kappa shape index (κ1) is 19.0. The van der Waals surface area contributed by atoms with Gasteiger partial charge >= 0.3 is 0 Å². The molecule has 3 aromatic rings. The van der Waals surface area contributed by atoms with Crippen LogP contribution in [0.15, 0.2) is 60.7 Å². The van der Waals surface area contributed by atoms with Gasteiger partial charge in [-0.05, 0) is 24.0 Å². The van der Waals surface area contributed by atoms with E-state index < -0.39 is 5.60 Å². The third-order valence-corrected chi connectivity index (χ3v) is 6.62. The Labute approximate surface area is 176 Å². The summed E-state index contributed by atoms with van der Waals surface area (Å²) in [5.41, 5.74) is 0.710. The number of nitrogens with zero attached hydrogens (tertiary/aromatic N) is 3. The van der Waals surface area contributed by atoms with Crippen LogP contribution in [-0.2, 0) is 23.4 Å². The molecule has 6 heteroatoms. The Bertz CT molecular complexity index is 992. The highest BCUT2D eigenvalue weighted by molar-refractivity contribution is 5.77. The summed E-state index contributed by atoms with van der Waals surface area (Å²) >= 11 is 0. The maximum atomic E-state index is 12.1. The molecule has 2 unspecified atom stereocenters. The van der Waals surface area contributed by atoms with Crippen LogP contribution in [-0.4, -0.2) is 32.3 Å². The van der Waals surface area contributed by atoms with E-state index in [1.165, 1.54) is 0 Å². The van der Waals surface area contributed by atoms with E-state index in [4.69, 9.17) is 0 Å². The van der Waals surface area contributed by atoms with Gasteiger partial charge in [0.05, 0.1) is 0 Å². The van der Waals surface area contributed by atoms with Crippen molar-refractivity contribution < 1.29 is 9.90 Å². The van der Waals surface area contributed by atoms with E-state index in [-0.39, 0.29) is 17.7 Å². The van der Waals surface area contributed by atoms with E-state index in [1.54, 1.807) is 0 Å². The topological polar surface area (TPSA) is 80.0 Å². The lowest BCUT2D eigenvalue weighted by molar-refractivity contribution is -0.122. The number of fused-ring (bicyclic) bond motifs is 1. The molecule has 2 aromatic carbocycles. The molecule has 1 saturated heterocycles. The van der Waals surface area contributed by atoms with Gasteiger partial charge in [0.15, 0.2) is 0 Å². The molecule has 0 aliphatic carbocycles. The molecule has 30 heavy (non-hydrogen) atoms. The molecule has 154 valence electrons. The van der Waals surface area contributed by atoms with E-state index in [0.717, 1.165) is 42.2 Å². The average molecular weight is 402 g/mol. The lowest BCUT2D eigenvalue weighted by Crippen LogP contribution is -2.41. The van der Waals surface area contributed by atoms with Crippen molar-refractivity contribution in [3.8, 4) is 0 Å². The summed E-state index contributed by atoms with van der Waals surface area (Å²) in [7, 11) is 0. The predicted octanol–water partition coefficient (Wildman–Crippen LogP) is 2.77. The summed E-state index contributed by atoms with van der Waals surface area (Å²) in [4.78, 5) is 11.8. The highest BCUT2D eigenvalue weighted by Crippen LogP contribution is 2.42. The van der Waals surface area contributed by atoms with Crippen LogP contribution in [0.4, 0.5) is 0 Å². The number of carbonyl (C=O) groups excluding carboxylic acids is 1. The van der Waals surface area contributed by atoms with Gasteiger partial charge in [0.25, 0.3) is 0 Å². The van der Waals surface area contributed by atoms with Crippen molar-refractivity contribution >= 4 is 5.91 Å². The number of piperidine rings is 1. The Morgan fingerprint density at radius 1 is 0.933 bits per heavy atom. The first-order chi connectivity index (χ1) is 14.7. The van der Waals surface area contributed by atoms with Crippen LogP contribution in [0.5, 0.6) is 0 Å². The molecule has 0 saturated carbocycles. The zero-order valence-electron chi connectivity index (χ0n) is 16.9. The van der Waals surface area contributed by atoms with Crippen LogP contribution in [0.25, 0.3) is 0 Å². The van der Waals surface area contributed by atoms with Gasteiger partial charge in [0, 0.05) is 37.8 Å². The first-order valence-corrected chi connectivity index (χ1v) is 10.7. The Morgan fingerprint density at radius 3 is 2.23 bits per heavy atom. The highest BCUT2D eigenvalue weighted by atomic mass is 16.3. The monoisotopic (exact) mass is 402 g/mol. The van der Waals surface area contributed by atoms with Crippen LogP contribution in [0.1, 0.15) is 48.0 Å². The van der Waals surface area contributed by atoms with Crippen LogP contribution < -0.4 is 5.32 Å². The van der Waals surface area contributed by atoms with Crippen molar-refractivity contribution in [1.82, 2.24) is 20.1 Å². The van der Waals surface area contributed by atoms with Crippen molar-refractivity contribution in [2.24, 2.45) is 5.92 Å². The number of hydrogen-bond donors (Lipinski definition) is 2. The van der Waals surface area contributed by atoms with Crippen molar-refractivity contribution in [3.05, 3.63) is 83.4 Å². The number of rotatable bonds is 4. The molecular formula is C24H26N4O2. The van der Waals surface area contributed by atoms with Gasteiger partial charge in [-0.15, -0.1) is 10.2 Å². The minimum Gasteiger partial charge on any atom is -0.380 e. The summed E-state index contributed by atoms with van der Waals surface area (Å²) in [5.74, 6) is 2.01. The van der Waals surface area contributed by atoms with Crippen LogP contribution >= 0.6 is 0 Å². The van der Waals surface area contributed by atoms with E-state index in [0.29, 0.717) is 19.4 Å². The molecule has 0 spiro atoms. The van der Waals surface area contributed by atoms with Crippen LogP contribution in [0, 0.1) is 5.92 Å². The van der Waals surface area contributed by atoms with Crippen LogP contribution in [0.3, 0.4) is 0 Å². The fraction of sp³-hybridized carbons (Fsp3) is 0.375. The summed E-state index contributed by atoms with van der Waals surface area (Å²) in [6.45, 7) is 1.44. The summed E-state index contributed by atoms with van der Waals surface area (Å²) in [6, 6.07) is 19.8. The van der Waals surface area contributed by atoms with E-state index in [9.17, 15) is 9.90 Å². The smallest absolute Gasteiger partial charge is 0.220 e. The molecule has 1 amide bonds.